The van der Waals surface area contributed by atoms with Crippen molar-refractivity contribution in [2.45, 2.75) is 31.5 Å². The lowest BCUT2D eigenvalue weighted by molar-refractivity contribution is 0.00813. The molecule has 0 bridgehead atoms. The number of nitrogens with zero attached hydrogens (tertiary/aromatic N) is 4. The number of anilines is 1. The molecule has 1 fully saturated rings. The fourth-order valence-electron chi connectivity index (χ4n) is 5.60. The van der Waals surface area contributed by atoms with Gasteiger partial charge in [-0.2, -0.15) is 10.5 Å². The predicted octanol–water partition coefficient (Wildman–Crippen LogP) is 5.85. The molecule has 8 heteroatoms. The average Bonchev–Trinajstić information content (AvgIpc) is 3.42. The summed E-state index contributed by atoms with van der Waals surface area (Å²) in [6.07, 6.45) is 3.33. The Morgan fingerprint density at radius 2 is 1.68 bits per heavy atom. The molecule has 0 spiro atoms. The van der Waals surface area contributed by atoms with Crippen LogP contribution in [-0.4, -0.2) is 23.7 Å². The summed E-state index contributed by atoms with van der Waals surface area (Å²) in [4.78, 5) is 7.38. The van der Waals surface area contributed by atoms with E-state index in [0.717, 1.165) is 16.8 Å². The van der Waals surface area contributed by atoms with E-state index in [-0.39, 0.29) is 17.5 Å². The molecular formula is C30H27F2N5O. The molecule has 38 heavy (non-hydrogen) atoms. The first-order chi connectivity index (χ1) is 18.3. The number of hydrazine groups is 1. The molecule has 0 amide bonds. The summed E-state index contributed by atoms with van der Waals surface area (Å²) in [7, 11) is 0. The lowest BCUT2D eigenvalue weighted by Gasteiger charge is -2.50. The number of benzene rings is 3. The number of rotatable bonds is 7. The second-order valence-electron chi connectivity index (χ2n) is 10.2. The largest absolute Gasteiger partial charge is 0.395 e. The van der Waals surface area contributed by atoms with Crippen LogP contribution in [0.15, 0.2) is 79.2 Å². The van der Waals surface area contributed by atoms with Gasteiger partial charge in [0, 0.05) is 19.0 Å². The number of likely N-dealkylation sites (tertiary alicyclic amines) is 1. The average molecular weight is 512 g/mol. The van der Waals surface area contributed by atoms with E-state index >= 15 is 4.39 Å². The minimum Gasteiger partial charge on any atom is -0.395 e. The van der Waals surface area contributed by atoms with Crippen molar-refractivity contribution >= 4 is 5.69 Å². The van der Waals surface area contributed by atoms with Gasteiger partial charge in [-0.15, -0.1) is 0 Å². The van der Waals surface area contributed by atoms with Gasteiger partial charge >= 0.3 is 0 Å². The van der Waals surface area contributed by atoms with E-state index in [1.54, 1.807) is 35.7 Å². The number of halogens is 2. The molecule has 3 aromatic rings. The molecule has 1 saturated heterocycles. The van der Waals surface area contributed by atoms with Crippen LogP contribution in [0, 0.1) is 34.4 Å². The smallest absolute Gasteiger partial charge is 0.131 e. The highest BCUT2D eigenvalue weighted by Crippen LogP contribution is 2.46. The molecule has 3 aromatic carbocycles. The molecule has 2 aliphatic heterocycles. The van der Waals surface area contributed by atoms with Crippen LogP contribution in [0.4, 0.5) is 14.5 Å². The first-order valence-corrected chi connectivity index (χ1v) is 12.4. The summed E-state index contributed by atoms with van der Waals surface area (Å²) < 4.78 is 29.9. The molecule has 0 aliphatic carbocycles. The zero-order valence-electron chi connectivity index (χ0n) is 21.1. The molecule has 2 atom stereocenters. The van der Waals surface area contributed by atoms with Crippen LogP contribution in [0.5, 0.6) is 0 Å². The minimum absolute atomic E-state index is 0.0796. The highest BCUT2D eigenvalue weighted by atomic mass is 19.1. The molecule has 0 radical (unpaired) electrons. The normalized spacial score (nSPS) is 17.3. The highest BCUT2D eigenvalue weighted by Gasteiger charge is 2.45. The Hall–Kier alpha value is -4.24. The summed E-state index contributed by atoms with van der Waals surface area (Å²) >= 11 is 0. The van der Waals surface area contributed by atoms with Gasteiger partial charge in [-0.05, 0) is 78.9 Å². The third kappa shape index (κ3) is 5.10. The summed E-state index contributed by atoms with van der Waals surface area (Å²) in [6, 6.07) is 23.6. The maximum Gasteiger partial charge on any atom is 0.131 e. The van der Waals surface area contributed by atoms with Crippen LogP contribution in [-0.2, 0) is 4.84 Å². The Kier molecular flexibility index (Phi) is 6.86. The second kappa shape index (κ2) is 10.3. The molecule has 6 nitrogen and oxygen atoms in total. The zero-order valence-corrected chi connectivity index (χ0v) is 21.1. The van der Waals surface area contributed by atoms with E-state index < -0.39 is 17.4 Å². The van der Waals surface area contributed by atoms with Crippen molar-refractivity contribution in [2.75, 3.05) is 18.1 Å². The zero-order chi connectivity index (χ0) is 26.9. The first-order valence-electron chi connectivity index (χ1n) is 12.4. The Morgan fingerprint density at radius 1 is 0.947 bits per heavy atom. The summed E-state index contributed by atoms with van der Waals surface area (Å²) in [5, 5.41) is 20.4. The van der Waals surface area contributed by atoms with E-state index in [0.29, 0.717) is 24.2 Å². The number of nitriles is 2. The maximum absolute atomic E-state index is 15.6. The Bertz CT molecular complexity index is 1430. The molecule has 2 heterocycles. The van der Waals surface area contributed by atoms with E-state index in [1.165, 1.54) is 26.0 Å². The van der Waals surface area contributed by atoms with Crippen molar-refractivity contribution in [1.29, 1.82) is 10.5 Å². The van der Waals surface area contributed by atoms with Crippen molar-refractivity contribution < 1.29 is 13.6 Å². The number of hydrogen-bond acceptors (Lipinski definition) is 6. The van der Waals surface area contributed by atoms with Gasteiger partial charge in [0.15, 0.2) is 0 Å². The number of nitrogens with one attached hydrogen (secondary N) is 1. The summed E-state index contributed by atoms with van der Waals surface area (Å²) in [5.41, 5.74) is 5.37. The van der Waals surface area contributed by atoms with Gasteiger partial charge in [-0.25, -0.2) is 13.8 Å². The Balaban J connectivity index is 1.47. The van der Waals surface area contributed by atoms with Crippen LogP contribution in [0.3, 0.4) is 0 Å². The monoisotopic (exact) mass is 511 g/mol. The summed E-state index contributed by atoms with van der Waals surface area (Å²) in [5.74, 6) is -1.19. The SMILES string of the molecule is CC(C)(F)[C@H](c1cc(F)cc(C#N)c1)C1CN(C(c2ccc(C#N)cc2)c2cccc(N3C=CON3)c2)C1. The van der Waals surface area contributed by atoms with E-state index in [4.69, 9.17) is 4.84 Å². The fourth-order valence-corrected chi connectivity index (χ4v) is 5.60. The molecule has 5 rings (SSSR count). The van der Waals surface area contributed by atoms with Crippen molar-refractivity contribution in [3.63, 3.8) is 0 Å². The first kappa shape index (κ1) is 25.4. The van der Waals surface area contributed by atoms with Crippen molar-refractivity contribution in [3.8, 4) is 12.1 Å². The van der Waals surface area contributed by atoms with E-state index in [9.17, 15) is 14.9 Å². The topological polar surface area (TPSA) is 75.3 Å². The minimum atomic E-state index is -1.62. The second-order valence-corrected chi connectivity index (χ2v) is 10.2. The fraction of sp³-hybridized carbons (Fsp3) is 0.267. The molecular weight excluding hydrogens is 484 g/mol. The molecule has 1 N–H and O–H groups in total. The van der Waals surface area contributed by atoms with E-state index in [2.05, 4.69) is 22.6 Å². The number of hydrogen-bond donors (Lipinski definition) is 1. The van der Waals surface area contributed by atoms with Gasteiger partial charge in [-0.1, -0.05) is 29.9 Å². The van der Waals surface area contributed by atoms with Gasteiger partial charge < -0.3 is 4.84 Å². The van der Waals surface area contributed by atoms with Crippen molar-refractivity contribution in [2.24, 2.45) is 5.92 Å². The lowest BCUT2D eigenvalue weighted by Crippen LogP contribution is -2.53. The van der Waals surface area contributed by atoms with Gasteiger partial charge in [0.2, 0.25) is 0 Å². The molecule has 192 valence electrons. The Morgan fingerprint density at radius 3 is 2.32 bits per heavy atom. The third-order valence-electron chi connectivity index (χ3n) is 7.17. The molecule has 1 unspecified atom stereocenters. The van der Waals surface area contributed by atoms with Crippen LogP contribution in [0.2, 0.25) is 0 Å². The third-order valence-corrected chi connectivity index (χ3v) is 7.17. The highest BCUT2D eigenvalue weighted by molar-refractivity contribution is 5.52. The van der Waals surface area contributed by atoms with Crippen LogP contribution >= 0.6 is 0 Å². The van der Waals surface area contributed by atoms with Crippen LogP contribution in [0.25, 0.3) is 0 Å². The molecule has 0 aromatic heterocycles. The summed E-state index contributed by atoms with van der Waals surface area (Å²) in [6.45, 7) is 4.18. The van der Waals surface area contributed by atoms with Gasteiger partial charge in [0.05, 0.1) is 41.2 Å². The van der Waals surface area contributed by atoms with Crippen molar-refractivity contribution in [3.05, 3.63) is 113 Å². The lowest BCUT2D eigenvalue weighted by atomic mass is 9.72. The molecule has 0 saturated carbocycles. The van der Waals surface area contributed by atoms with Gasteiger partial charge in [0.1, 0.15) is 17.7 Å². The molecule has 2 aliphatic rings. The van der Waals surface area contributed by atoms with Crippen molar-refractivity contribution in [1.82, 2.24) is 10.5 Å². The number of alkyl halides is 1. The van der Waals surface area contributed by atoms with E-state index in [1.807, 2.05) is 36.4 Å². The maximum atomic E-state index is 15.6. The van der Waals surface area contributed by atoms with Crippen LogP contribution in [0.1, 0.15) is 53.6 Å². The standard InChI is InChI=1S/C30H27F2N5O/c1-30(2,32)28(24-12-21(17-34)13-26(31)14-24)25-18-36(19-25)29(22-8-6-20(16-33)7-9-22)23-4-3-5-27(15-23)37-10-11-38-35-37/h3-15,25,28-29,35H,18-19H2,1-2H3/t28-,29?/m1/s1. The quantitative estimate of drug-likeness (QED) is 0.429. The predicted molar refractivity (Wildman–Crippen MR) is 139 cm³/mol. The van der Waals surface area contributed by atoms with Gasteiger partial charge in [0.25, 0.3) is 0 Å². The Labute approximate surface area is 220 Å². The van der Waals surface area contributed by atoms with Crippen LogP contribution < -0.4 is 10.6 Å². The van der Waals surface area contributed by atoms with Gasteiger partial charge in [-0.3, -0.25) is 4.90 Å².